The van der Waals surface area contributed by atoms with Crippen LogP contribution in [-0.4, -0.2) is 58.6 Å². The summed E-state index contributed by atoms with van der Waals surface area (Å²) >= 11 is 0. The Balaban J connectivity index is 1.57. The van der Waals surface area contributed by atoms with Crippen LogP contribution in [0.25, 0.3) is 6.08 Å². The van der Waals surface area contributed by atoms with E-state index in [1.54, 1.807) is 48.5 Å². The van der Waals surface area contributed by atoms with Gasteiger partial charge in [0, 0.05) is 17.3 Å². The van der Waals surface area contributed by atoms with Gasteiger partial charge in [-0.1, -0.05) is 24.3 Å². The highest BCUT2D eigenvalue weighted by Crippen LogP contribution is 2.28. The molecule has 1 heterocycles. The molecule has 3 N–H and O–H groups in total. The largest absolute Gasteiger partial charge is 0.493 e. The standard InChI is InChI=1S/C30H29N5O8S/c1-40-24-15-10-19(17-25(24)41-2)16-23(32-28(36)20-8-6-5-7-9-20)29(37)31-21-11-13-22(14-12-21)44(38,39)35-26-18-27(42-3)34-30(33-26)43-4/h5-18H,1-4H3,(H,31,37)(H,32,36)(H,33,34,35)/b23-16-. The van der Waals surface area contributed by atoms with Crippen molar-refractivity contribution in [2.45, 2.75) is 4.90 Å². The van der Waals surface area contributed by atoms with E-state index in [2.05, 4.69) is 25.3 Å². The number of carbonyl (C=O) groups is 2. The van der Waals surface area contributed by atoms with Crippen LogP contribution >= 0.6 is 0 Å². The van der Waals surface area contributed by atoms with Crippen LogP contribution in [0.15, 0.2) is 89.5 Å². The molecule has 0 aliphatic heterocycles. The molecule has 0 saturated carbocycles. The number of anilines is 2. The minimum Gasteiger partial charge on any atom is -0.493 e. The summed E-state index contributed by atoms with van der Waals surface area (Å²) in [6, 6.07) is 20.0. The Bertz CT molecular complexity index is 1760. The van der Waals surface area contributed by atoms with Gasteiger partial charge in [0.1, 0.15) is 5.70 Å². The predicted octanol–water partition coefficient (Wildman–Crippen LogP) is 3.72. The zero-order valence-electron chi connectivity index (χ0n) is 24.2. The summed E-state index contributed by atoms with van der Waals surface area (Å²) in [5.41, 5.74) is 1.09. The highest BCUT2D eigenvalue weighted by atomic mass is 32.2. The number of aromatic nitrogens is 2. The minimum atomic E-state index is -4.08. The maximum atomic E-state index is 13.4. The molecule has 0 radical (unpaired) electrons. The Morgan fingerprint density at radius 1 is 0.773 bits per heavy atom. The quantitative estimate of drug-likeness (QED) is 0.199. The van der Waals surface area contributed by atoms with Crippen molar-refractivity contribution in [1.82, 2.24) is 15.3 Å². The number of nitrogens with zero attached hydrogens (tertiary/aromatic N) is 2. The van der Waals surface area contributed by atoms with Gasteiger partial charge in [0.05, 0.1) is 33.3 Å². The van der Waals surface area contributed by atoms with Crippen molar-refractivity contribution >= 4 is 39.4 Å². The van der Waals surface area contributed by atoms with Gasteiger partial charge in [-0.3, -0.25) is 14.3 Å². The average Bonchev–Trinajstić information content (AvgIpc) is 3.04. The van der Waals surface area contributed by atoms with Crippen molar-refractivity contribution in [3.05, 3.63) is 95.7 Å². The summed E-state index contributed by atoms with van der Waals surface area (Å²) < 4.78 is 49.0. The maximum Gasteiger partial charge on any atom is 0.321 e. The van der Waals surface area contributed by atoms with Crippen LogP contribution in [0.1, 0.15) is 15.9 Å². The van der Waals surface area contributed by atoms with E-state index in [0.717, 1.165) is 0 Å². The molecule has 0 atom stereocenters. The van der Waals surface area contributed by atoms with Crippen LogP contribution in [-0.2, 0) is 14.8 Å². The number of hydrogen-bond donors (Lipinski definition) is 3. The monoisotopic (exact) mass is 619 g/mol. The van der Waals surface area contributed by atoms with E-state index in [1.165, 1.54) is 64.8 Å². The molecular formula is C30H29N5O8S. The molecule has 4 aromatic rings. The van der Waals surface area contributed by atoms with Gasteiger partial charge >= 0.3 is 6.01 Å². The van der Waals surface area contributed by atoms with E-state index in [4.69, 9.17) is 18.9 Å². The lowest BCUT2D eigenvalue weighted by molar-refractivity contribution is -0.113. The Morgan fingerprint density at radius 3 is 2.11 bits per heavy atom. The molecular weight excluding hydrogens is 590 g/mol. The molecule has 44 heavy (non-hydrogen) atoms. The Morgan fingerprint density at radius 2 is 1.48 bits per heavy atom. The summed E-state index contributed by atoms with van der Waals surface area (Å²) in [6.45, 7) is 0. The van der Waals surface area contributed by atoms with Crippen LogP contribution < -0.4 is 34.3 Å². The summed E-state index contributed by atoms with van der Waals surface area (Å²) in [6.07, 6.45) is 1.48. The first-order valence-electron chi connectivity index (χ1n) is 12.9. The first kappa shape index (κ1) is 31.3. The molecule has 228 valence electrons. The Labute approximate surface area is 253 Å². The van der Waals surface area contributed by atoms with Crippen molar-refractivity contribution < 1.29 is 37.0 Å². The van der Waals surface area contributed by atoms with Crippen LogP contribution in [0, 0.1) is 0 Å². The SMILES string of the molecule is COc1cc(NS(=O)(=O)c2ccc(NC(=O)/C(=C/c3ccc(OC)c(OC)c3)NC(=O)c3ccccc3)cc2)nc(OC)n1. The fourth-order valence-corrected chi connectivity index (χ4v) is 4.81. The van der Waals surface area contributed by atoms with Crippen molar-refractivity contribution in [3.8, 4) is 23.4 Å². The molecule has 0 bridgehead atoms. The van der Waals surface area contributed by atoms with Crippen LogP contribution in [0.5, 0.6) is 23.4 Å². The van der Waals surface area contributed by atoms with E-state index in [0.29, 0.717) is 22.6 Å². The van der Waals surface area contributed by atoms with Gasteiger partial charge in [0.15, 0.2) is 17.3 Å². The number of hydrogen-bond acceptors (Lipinski definition) is 10. The molecule has 0 aliphatic carbocycles. The lowest BCUT2D eigenvalue weighted by atomic mass is 10.1. The smallest absolute Gasteiger partial charge is 0.321 e. The molecule has 2 amide bonds. The third-order valence-electron chi connectivity index (χ3n) is 5.98. The number of ether oxygens (including phenoxy) is 4. The Kier molecular flexibility index (Phi) is 9.98. The molecule has 14 heteroatoms. The number of methoxy groups -OCH3 is 4. The summed E-state index contributed by atoms with van der Waals surface area (Å²) in [5.74, 6) is -0.198. The number of rotatable bonds is 12. The molecule has 0 saturated heterocycles. The summed E-state index contributed by atoms with van der Waals surface area (Å²) in [5, 5.41) is 5.33. The van der Waals surface area contributed by atoms with Crippen LogP contribution in [0.4, 0.5) is 11.5 Å². The third kappa shape index (κ3) is 7.80. The fraction of sp³-hybridized carbons (Fsp3) is 0.133. The summed E-state index contributed by atoms with van der Waals surface area (Å²) in [7, 11) is 1.61. The van der Waals surface area contributed by atoms with E-state index in [-0.39, 0.29) is 34.0 Å². The van der Waals surface area contributed by atoms with Crippen molar-refractivity contribution in [2.75, 3.05) is 38.5 Å². The maximum absolute atomic E-state index is 13.4. The van der Waals surface area contributed by atoms with Crippen LogP contribution in [0.2, 0.25) is 0 Å². The molecule has 1 aromatic heterocycles. The first-order valence-corrected chi connectivity index (χ1v) is 14.4. The van der Waals surface area contributed by atoms with Crippen molar-refractivity contribution in [1.29, 1.82) is 0 Å². The number of benzene rings is 3. The molecule has 0 spiro atoms. The highest BCUT2D eigenvalue weighted by Gasteiger charge is 2.19. The number of sulfonamides is 1. The second-order valence-electron chi connectivity index (χ2n) is 8.86. The second kappa shape index (κ2) is 14.0. The van der Waals surface area contributed by atoms with Gasteiger partial charge in [0.2, 0.25) is 5.88 Å². The highest BCUT2D eigenvalue weighted by molar-refractivity contribution is 7.92. The van der Waals surface area contributed by atoms with Crippen molar-refractivity contribution in [2.24, 2.45) is 0 Å². The number of carbonyl (C=O) groups excluding carboxylic acids is 2. The molecule has 3 aromatic carbocycles. The molecule has 0 aliphatic rings. The van der Waals surface area contributed by atoms with Crippen LogP contribution in [0.3, 0.4) is 0 Å². The minimum absolute atomic E-state index is 0.0646. The van der Waals surface area contributed by atoms with E-state index < -0.39 is 21.8 Å². The number of nitrogens with one attached hydrogen (secondary N) is 3. The normalized spacial score (nSPS) is 11.2. The second-order valence-corrected chi connectivity index (χ2v) is 10.5. The van der Waals surface area contributed by atoms with Gasteiger partial charge in [-0.15, -0.1) is 0 Å². The van der Waals surface area contributed by atoms with E-state index in [1.807, 2.05) is 0 Å². The zero-order chi connectivity index (χ0) is 31.7. The summed E-state index contributed by atoms with van der Waals surface area (Å²) in [4.78, 5) is 34.1. The topological polar surface area (TPSA) is 167 Å². The fourth-order valence-electron chi connectivity index (χ4n) is 3.82. The van der Waals surface area contributed by atoms with Gasteiger partial charge in [-0.05, 0) is 60.2 Å². The van der Waals surface area contributed by atoms with Gasteiger partial charge in [0.25, 0.3) is 21.8 Å². The van der Waals surface area contributed by atoms with E-state index >= 15 is 0 Å². The van der Waals surface area contributed by atoms with Gasteiger partial charge < -0.3 is 29.6 Å². The molecule has 13 nitrogen and oxygen atoms in total. The lowest BCUT2D eigenvalue weighted by Crippen LogP contribution is -2.30. The average molecular weight is 620 g/mol. The molecule has 0 fully saturated rings. The zero-order valence-corrected chi connectivity index (χ0v) is 25.0. The molecule has 4 rings (SSSR count). The Hall–Kier alpha value is -5.63. The lowest BCUT2D eigenvalue weighted by Gasteiger charge is -2.13. The number of amides is 2. The first-order chi connectivity index (χ1) is 21.1. The van der Waals surface area contributed by atoms with E-state index in [9.17, 15) is 18.0 Å². The predicted molar refractivity (Wildman–Crippen MR) is 162 cm³/mol. The van der Waals surface area contributed by atoms with Crippen molar-refractivity contribution in [3.63, 3.8) is 0 Å². The molecule has 0 unspecified atom stereocenters. The van der Waals surface area contributed by atoms with Gasteiger partial charge in [-0.25, -0.2) is 8.42 Å². The van der Waals surface area contributed by atoms with Gasteiger partial charge in [-0.2, -0.15) is 9.97 Å². The third-order valence-corrected chi connectivity index (χ3v) is 7.35.